The first kappa shape index (κ1) is 37.8. The Labute approximate surface area is 270 Å². The minimum atomic E-state index is -1.26. The molecular weight excluding hydrogens is 622 g/mol. The summed E-state index contributed by atoms with van der Waals surface area (Å²) >= 11 is 0. The number of benzene rings is 2. The van der Waals surface area contributed by atoms with E-state index >= 15 is 0 Å². The molecule has 0 saturated carbocycles. The monoisotopic (exact) mass is 659 g/mol. The summed E-state index contributed by atoms with van der Waals surface area (Å²) in [6.45, 7) is 1.90. The molecule has 47 heavy (non-hydrogen) atoms. The summed E-state index contributed by atoms with van der Waals surface area (Å²) in [5.74, 6) is -4.11. The van der Waals surface area contributed by atoms with E-state index in [9.17, 15) is 24.3 Å². The van der Waals surface area contributed by atoms with Gasteiger partial charge >= 0.3 is 24.1 Å². The molecule has 0 saturated heterocycles. The molecule has 0 heterocycles. The average Bonchev–Trinajstić information content (AvgIpc) is 3.05. The Hall–Kier alpha value is -5.41. The number of nitrogens with zero attached hydrogens (tertiary/aromatic N) is 1. The highest BCUT2D eigenvalue weighted by molar-refractivity contribution is 5.86. The molecule has 2 amide bonds. The van der Waals surface area contributed by atoms with Crippen molar-refractivity contribution in [3.8, 4) is 6.07 Å². The smallest absolute Gasteiger partial charge is 0.411 e. The van der Waals surface area contributed by atoms with Crippen molar-refractivity contribution >= 4 is 46.9 Å². The molecule has 0 aliphatic carbocycles. The van der Waals surface area contributed by atoms with Crippen molar-refractivity contribution in [1.29, 1.82) is 5.26 Å². The third-order valence-corrected chi connectivity index (χ3v) is 5.75. The van der Waals surface area contributed by atoms with Crippen LogP contribution in [-0.4, -0.2) is 89.9 Å². The van der Waals surface area contributed by atoms with Gasteiger partial charge in [0.25, 0.3) is 0 Å². The first-order chi connectivity index (χ1) is 22.6. The first-order valence-corrected chi connectivity index (χ1v) is 13.9. The zero-order valence-corrected chi connectivity index (χ0v) is 25.8. The quantitative estimate of drug-likeness (QED) is 0.0246. The van der Waals surface area contributed by atoms with E-state index in [2.05, 4.69) is 27.8 Å². The minimum Gasteiger partial charge on any atom is -0.481 e. The number of carbonyl (C=O) groups excluding carboxylic acids is 3. The summed E-state index contributed by atoms with van der Waals surface area (Å²) in [6.07, 6.45) is -1.70. The average molecular weight is 660 g/mol. The number of hydrogen-bond acceptors (Lipinski definition) is 14. The molecular formula is C30H37N5O12. The highest BCUT2D eigenvalue weighted by atomic mass is 17.2. The molecule has 2 atom stereocenters. The van der Waals surface area contributed by atoms with Crippen LogP contribution >= 0.6 is 0 Å². The number of rotatable bonds is 21. The number of nitriles is 1. The second-order valence-corrected chi connectivity index (χ2v) is 9.45. The van der Waals surface area contributed by atoms with Gasteiger partial charge in [-0.2, -0.15) is 5.26 Å². The van der Waals surface area contributed by atoms with Crippen molar-refractivity contribution in [2.24, 2.45) is 11.8 Å². The third kappa shape index (κ3) is 15.4. The Bertz CT molecular complexity index is 1380. The lowest BCUT2D eigenvalue weighted by molar-refractivity contribution is -0.296. The van der Waals surface area contributed by atoms with Crippen LogP contribution in [0.3, 0.4) is 0 Å². The van der Waals surface area contributed by atoms with E-state index in [0.29, 0.717) is 22.7 Å². The van der Waals surface area contributed by atoms with Gasteiger partial charge in [-0.25, -0.2) is 19.4 Å². The van der Waals surface area contributed by atoms with E-state index in [1.165, 1.54) is 14.2 Å². The largest absolute Gasteiger partial charge is 0.481 e. The molecule has 254 valence electrons. The van der Waals surface area contributed by atoms with Gasteiger partial charge in [-0.1, -0.05) is 18.7 Å². The number of carbonyl (C=O) groups is 4. The lowest BCUT2D eigenvalue weighted by Gasteiger charge is -2.16. The Kier molecular flexibility index (Phi) is 17.2. The summed E-state index contributed by atoms with van der Waals surface area (Å²) in [5.41, 5.74) is 2.03. The van der Waals surface area contributed by atoms with E-state index in [1.807, 2.05) is 0 Å². The van der Waals surface area contributed by atoms with E-state index < -0.39 is 49.2 Å². The number of nitrogens with one attached hydrogen (secondary N) is 4. The molecule has 17 heteroatoms. The summed E-state index contributed by atoms with van der Waals surface area (Å²) in [7, 11) is 2.90. The molecule has 0 aliphatic heterocycles. The van der Waals surface area contributed by atoms with Crippen LogP contribution in [0.4, 0.5) is 32.3 Å². The number of ether oxygens (including phenoxy) is 5. The van der Waals surface area contributed by atoms with Gasteiger partial charge < -0.3 is 39.4 Å². The summed E-state index contributed by atoms with van der Waals surface area (Å²) in [6, 6.07) is 14.9. The Morgan fingerprint density at radius 1 is 0.766 bits per heavy atom. The molecule has 0 aliphatic rings. The van der Waals surface area contributed by atoms with Crippen LogP contribution in [0.25, 0.3) is 0 Å². The molecule has 0 bridgehead atoms. The molecule has 2 rings (SSSR count). The number of methoxy groups -OCH3 is 2. The van der Waals surface area contributed by atoms with Crippen molar-refractivity contribution in [2.45, 2.75) is 0 Å². The van der Waals surface area contributed by atoms with Crippen LogP contribution in [0.15, 0.2) is 60.7 Å². The summed E-state index contributed by atoms with van der Waals surface area (Å²) in [4.78, 5) is 58.2. The van der Waals surface area contributed by atoms with Gasteiger partial charge in [0.2, 0.25) is 0 Å². The van der Waals surface area contributed by atoms with Gasteiger partial charge in [-0.3, -0.25) is 20.2 Å². The summed E-state index contributed by atoms with van der Waals surface area (Å²) in [5, 5.41) is 29.0. The fourth-order valence-corrected chi connectivity index (χ4v) is 3.40. The second-order valence-electron chi connectivity index (χ2n) is 9.45. The highest BCUT2D eigenvalue weighted by Crippen LogP contribution is 2.17. The Morgan fingerprint density at radius 2 is 1.32 bits per heavy atom. The summed E-state index contributed by atoms with van der Waals surface area (Å²) < 4.78 is 25.0. The number of anilines is 4. The predicted octanol–water partition coefficient (Wildman–Crippen LogP) is 3.40. The van der Waals surface area contributed by atoms with Crippen molar-refractivity contribution < 1.29 is 57.7 Å². The molecule has 5 N–H and O–H groups in total. The van der Waals surface area contributed by atoms with Gasteiger partial charge in [0.05, 0.1) is 24.9 Å². The van der Waals surface area contributed by atoms with Crippen LogP contribution in [0.5, 0.6) is 0 Å². The topological polar surface area (TPSA) is 225 Å². The normalized spacial score (nSPS) is 11.6. The standard InChI is InChI=1S/C30H37N5O12/c1-20(12-31)13-43-28(38)22(14-41-2)16-45-30(40)35-26-9-5-7-24(11-26)33-19-47-46-17-21(27(36)37)15-44-29(39)34-25-8-4-6-23(10-25)32-18-42-3/h4-11,21-22,32-33H,1,13-19H2,2-3H3,(H,34,39)(H,35,40)(H,36,37). The van der Waals surface area contributed by atoms with Gasteiger partial charge in [-0.05, 0) is 36.4 Å². The van der Waals surface area contributed by atoms with Crippen LogP contribution in [0.2, 0.25) is 0 Å². The van der Waals surface area contributed by atoms with Crippen LogP contribution in [0.1, 0.15) is 0 Å². The van der Waals surface area contributed by atoms with Gasteiger partial charge in [0, 0.05) is 37.0 Å². The minimum absolute atomic E-state index is 0.0600. The molecule has 2 aromatic carbocycles. The third-order valence-electron chi connectivity index (χ3n) is 5.75. The number of carboxylic acid groups (broad SMARTS) is 1. The van der Waals surface area contributed by atoms with Gasteiger partial charge in [0.15, 0.2) is 6.73 Å². The zero-order valence-electron chi connectivity index (χ0n) is 25.8. The molecule has 0 fully saturated rings. The van der Waals surface area contributed by atoms with E-state index in [0.717, 1.165) is 0 Å². The Balaban J connectivity index is 1.73. The SMILES string of the molecule is C=C(C#N)COC(=O)C(COC)COC(=O)Nc1cccc(NCOOCC(COC(=O)Nc2cccc(NCOC)c2)C(=O)O)c1. The first-order valence-electron chi connectivity index (χ1n) is 13.9. The van der Waals surface area contributed by atoms with Crippen LogP contribution in [-0.2, 0) is 43.0 Å². The fraction of sp³-hybridized carbons (Fsp3) is 0.367. The molecule has 0 radical (unpaired) electrons. The van der Waals surface area contributed by atoms with Crippen molar-refractivity contribution in [3.63, 3.8) is 0 Å². The maximum absolute atomic E-state index is 12.3. The van der Waals surface area contributed by atoms with Crippen molar-refractivity contribution in [3.05, 3.63) is 60.7 Å². The Morgan fingerprint density at radius 3 is 1.85 bits per heavy atom. The maximum Gasteiger partial charge on any atom is 0.411 e. The second kappa shape index (κ2) is 21.3. The van der Waals surface area contributed by atoms with Crippen molar-refractivity contribution in [2.75, 3.05) is 82.0 Å². The molecule has 2 aromatic rings. The van der Waals surface area contributed by atoms with Gasteiger partial charge in [0.1, 0.15) is 38.4 Å². The van der Waals surface area contributed by atoms with E-state index in [4.69, 9.17) is 38.7 Å². The highest BCUT2D eigenvalue weighted by Gasteiger charge is 2.23. The van der Waals surface area contributed by atoms with Crippen LogP contribution in [0, 0.1) is 23.2 Å². The van der Waals surface area contributed by atoms with Crippen LogP contribution < -0.4 is 21.3 Å². The number of amides is 2. The molecule has 0 aromatic heterocycles. The molecule has 0 spiro atoms. The predicted molar refractivity (Wildman–Crippen MR) is 166 cm³/mol. The van der Waals surface area contributed by atoms with E-state index in [1.54, 1.807) is 54.6 Å². The lowest BCUT2D eigenvalue weighted by atomic mass is 10.2. The lowest BCUT2D eigenvalue weighted by Crippen LogP contribution is -2.29. The zero-order chi connectivity index (χ0) is 34.4. The molecule has 17 nitrogen and oxygen atoms in total. The maximum atomic E-state index is 12.3. The fourth-order valence-electron chi connectivity index (χ4n) is 3.40. The number of aliphatic carboxylic acids is 1. The molecule has 2 unspecified atom stereocenters. The van der Waals surface area contributed by atoms with Gasteiger partial charge in [-0.15, -0.1) is 0 Å². The number of carboxylic acids is 1. The number of esters is 1. The van der Waals surface area contributed by atoms with Crippen molar-refractivity contribution in [1.82, 2.24) is 0 Å². The van der Waals surface area contributed by atoms with E-state index in [-0.39, 0.29) is 38.9 Å². The number of hydrogen-bond donors (Lipinski definition) is 5.